The van der Waals surface area contributed by atoms with Crippen LogP contribution < -0.4 is 0 Å². The van der Waals surface area contributed by atoms with Crippen LogP contribution in [0.3, 0.4) is 0 Å². The van der Waals surface area contributed by atoms with Crippen LogP contribution in [0.1, 0.15) is 57.8 Å². The molecule has 2 rings (SSSR count). The molecule has 0 aromatic carbocycles. The maximum atomic E-state index is 2.69. The second-order valence-corrected chi connectivity index (χ2v) is 11.9. The molecule has 0 N–H and O–H groups in total. The van der Waals surface area contributed by atoms with Gasteiger partial charge in [0, 0.05) is 0 Å². The third-order valence-electron chi connectivity index (χ3n) is 5.59. The minimum absolute atomic E-state index is 1.01. The normalized spacial score (nSPS) is 24.3. The summed E-state index contributed by atoms with van der Waals surface area (Å²) in [4.78, 5) is 0. The fraction of sp³-hybridized carbons (Fsp3) is 1.00. The maximum Gasteiger partial charge on any atom is 0.212 e. The molecule has 0 heterocycles. The van der Waals surface area contributed by atoms with Gasteiger partial charge in [-0.05, 0) is 39.3 Å². The lowest BCUT2D eigenvalue weighted by Gasteiger charge is -2.52. The van der Waals surface area contributed by atoms with E-state index in [1.54, 1.807) is 0 Å². The van der Waals surface area contributed by atoms with Crippen LogP contribution in [0, 0.1) is 0 Å². The Bertz CT molecular complexity index is 245. The van der Waals surface area contributed by atoms with E-state index in [1.807, 2.05) is 0 Å². The third-order valence-corrected chi connectivity index (χ3v) is 12.0. The van der Waals surface area contributed by atoms with Crippen LogP contribution >= 0.6 is 0 Å². The topological polar surface area (TPSA) is 6.48 Å². The first-order valence-electron chi connectivity index (χ1n) is 7.95. The average Bonchev–Trinajstić information content (AvgIpc) is 2.84. The molecule has 0 spiro atoms. The molecule has 0 aliphatic heterocycles. The molecule has 2 aliphatic carbocycles. The summed E-state index contributed by atoms with van der Waals surface area (Å²) in [5.74, 6) is 0. The predicted octanol–water partition coefficient (Wildman–Crippen LogP) is 3.83. The molecule has 3 heteroatoms. The van der Waals surface area contributed by atoms with Gasteiger partial charge in [0.2, 0.25) is 8.40 Å². The molecular formula is C15H32N2Si. The Morgan fingerprint density at radius 3 is 1.28 bits per heavy atom. The standard InChI is InChI=1S/C15H32N2Si/c1-16(2)18(17(3)4,15-12-8-9-13-15)14-10-6-5-7-11-14/h14-15H,5-13H2,1-4H3. The summed E-state index contributed by atoms with van der Waals surface area (Å²) in [7, 11) is 8.05. The van der Waals surface area contributed by atoms with Crippen LogP contribution in [0.5, 0.6) is 0 Å². The molecule has 0 amide bonds. The molecule has 0 atom stereocenters. The molecule has 2 aliphatic rings. The number of nitrogens with zero attached hydrogens (tertiary/aromatic N) is 2. The molecule has 0 radical (unpaired) electrons. The van der Waals surface area contributed by atoms with Gasteiger partial charge in [0.25, 0.3) is 0 Å². The minimum atomic E-state index is -1.45. The molecule has 18 heavy (non-hydrogen) atoms. The van der Waals surface area contributed by atoms with Crippen LogP contribution in [0.15, 0.2) is 0 Å². The highest BCUT2D eigenvalue weighted by molar-refractivity contribution is 6.77. The fourth-order valence-corrected chi connectivity index (χ4v) is 12.0. The lowest BCUT2D eigenvalue weighted by Crippen LogP contribution is -2.66. The monoisotopic (exact) mass is 268 g/mol. The van der Waals surface area contributed by atoms with Crippen molar-refractivity contribution >= 4 is 8.40 Å². The zero-order chi connectivity index (χ0) is 13.2. The molecule has 106 valence electrons. The molecule has 0 saturated heterocycles. The van der Waals surface area contributed by atoms with E-state index in [0.29, 0.717) is 0 Å². The molecule has 0 bridgehead atoms. The van der Waals surface area contributed by atoms with E-state index in [-0.39, 0.29) is 0 Å². The molecule has 0 aromatic rings. The Kier molecular flexibility index (Phi) is 4.90. The summed E-state index contributed by atoms with van der Waals surface area (Å²) in [6.07, 6.45) is 13.4. The van der Waals surface area contributed by atoms with Gasteiger partial charge in [-0.1, -0.05) is 57.8 Å². The highest BCUT2D eigenvalue weighted by atomic mass is 28.4. The summed E-state index contributed by atoms with van der Waals surface area (Å²) < 4.78 is 5.39. The summed E-state index contributed by atoms with van der Waals surface area (Å²) in [6, 6.07) is 0. The lowest BCUT2D eigenvalue weighted by molar-refractivity contribution is 0.378. The van der Waals surface area contributed by atoms with Gasteiger partial charge in [-0.25, -0.2) is 0 Å². The first kappa shape index (κ1) is 14.5. The Morgan fingerprint density at radius 2 is 0.944 bits per heavy atom. The fourth-order valence-electron chi connectivity index (χ4n) is 5.07. The predicted molar refractivity (Wildman–Crippen MR) is 82.2 cm³/mol. The maximum absolute atomic E-state index is 2.69. The minimum Gasteiger partial charge on any atom is -0.317 e. The highest BCUT2D eigenvalue weighted by Gasteiger charge is 2.52. The van der Waals surface area contributed by atoms with Gasteiger partial charge < -0.3 is 9.13 Å². The summed E-state index contributed by atoms with van der Waals surface area (Å²) >= 11 is 0. The summed E-state index contributed by atoms with van der Waals surface area (Å²) in [6.45, 7) is 0. The van der Waals surface area contributed by atoms with Crippen molar-refractivity contribution in [2.45, 2.75) is 68.9 Å². The van der Waals surface area contributed by atoms with E-state index in [0.717, 1.165) is 11.1 Å². The van der Waals surface area contributed by atoms with E-state index in [2.05, 4.69) is 37.3 Å². The lowest BCUT2D eigenvalue weighted by atomic mass is 10.0. The Hall–Kier alpha value is 0.137. The van der Waals surface area contributed by atoms with E-state index in [9.17, 15) is 0 Å². The average molecular weight is 269 g/mol. The first-order valence-corrected chi connectivity index (χ1v) is 10.00. The second kappa shape index (κ2) is 6.06. The Balaban J connectivity index is 2.28. The third kappa shape index (κ3) is 2.41. The van der Waals surface area contributed by atoms with Gasteiger partial charge >= 0.3 is 0 Å². The smallest absolute Gasteiger partial charge is 0.212 e. The molecule has 2 saturated carbocycles. The van der Waals surface area contributed by atoms with Gasteiger partial charge in [-0.2, -0.15) is 0 Å². The Labute approximate surface area is 115 Å². The molecule has 0 aromatic heterocycles. The molecule has 2 nitrogen and oxygen atoms in total. The molecule has 0 unspecified atom stereocenters. The number of hydrogen-bond acceptors (Lipinski definition) is 2. The van der Waals surface area contributed by atoms with Gasteiger partial charge in [-0.3, -0.25) is 0 Å². The largest absolute Gasteiger partial charge is 0.317 e. The van der Waals surface area contributed by atoms with Gasteiger partial charge in [0.15, 0.2) is 0 Å². The van der Waals surface area contributed by atoms with Crippen LogP contribution in [0.2, 0.25) is 11.1 Å². The van der Waals surface area contributed by atoms with Crippen LogP contribution in [0.25, 0.3) is 0 Å². The SMILES string of the molecule is CN(C)[Si](C1CCCCC1)(C1CCCC1)N(C)C. The van der Waals surface area contributed by atoms with Crippen molar-refractivity contribution in [2.24, 2.45) is 0 Å². The van der Waals surface area contributed by atoms with Crippen molar-refractivity contribution in [3.8, 4) is 0 Å². The van der Waals surface area contributed by atoms with Crippen LogP contribution in [-0.2, 0) is 0 Å². The van der Waals surface area contributed by atoms with E-state index >= 15 is 0 Å². The number of hydrogen-bond donors (Lipinski definition) is 0. The van der Waals surface area contributed by atoms with Gasteiger partial charge in [0.1, 0.15) is 0 Å². The van der Waals surface area contributed by atoms with Crippen molar-refractivity contribution in [2.75, 3.05) is 28.2 Å². The van der Waals surface area contributed by atoms with Gasteiger partial charge in [0.05, 0.1) is 0 Å². The van der Waals surface area contributed by atoms with Crippen LogP contribution in [-0.4, -0.2) is 45.7 Å². The first-order chi connectivity index (χ1) is 8.60. The summed E-state index contributed by atoms with van der Waals surface area (Å²) in [5.41, 5.74) is 2.03. The quantitative estimate of drug-likeness (QED) is 0.715. The molecular weight excluding hydrogens is 236 g/mol. The zero-order valence-electron chi connectivity index (χ0n) is 12.9. The summed E-state index contributed by atoms with van der Waals surface area (Å²) in [5, 5.41) is 0. The van der Waals surface area contributed by atoms with Gasteiger partial charge in [-0.15, -0.1) is 0 Å². The van der Waals surface area contributed by atoms with E-state index in [4.69, 9.17) is 0 Å². The second-order valence-electron chi connectivity index (χ2n) is 6.89. The van der Waals surface area contributed by atoms with Crippen molar-refractivity contribution < 1.29 is 0 Å². The van der Waals surface area contributed by atoms with E-state index in [1.165, 1.54) is 57.8 Å². The van der Waals surface area contributed by atoms with Crippen molar-refractivity contribution in [3.05, 3.63) is 0 Å². The molecule has 2 fully saturated rings. The number of rotatable bonds is 4. The van der Waals surface area contributed by atoms with Crippen molar-refractivity contribution in [3.63, 3.8) is 0 Å². The van der Waals surface area contributed by atoms with Crippen molar-refractivity contribution in [1.29, 1.82) is 0 Å². The highest BCUT2D eigenvalue weighted by Crippen LogP contribution is 2.50. The Morgan fingerprint density at radius 1 is 0.611 bits per heavy atom. The zero-order valence-corrected chi connectivity index (χ0v) is 13.9. The van der Waals surface area contributed by atoms with Crippen LogP contribution in [0.4, 0.5) is 0 Å². The van der Waals surface area contributed by atoms with E-state index < -0.39 is 8.40 Å². The van der Waals surface area contributed by atoms with Crippen molar-refractivity contribution in [1.82, 2.24) is 9.13 Å².